The van der Waals surface area contributed by atoms with E-state index in [9.17, 15) is 4.79 Å². The fourth-order valence-electron chi connectivity index (χ4n) is 2.89. The van der Waals surface area contributed by atoms with Gasteiger partial charge in [0.05, 0.1) is 23.0 Å². The summed E-state index contributed by atoms with van der Waals surface area (Å²) < 4.78 is 10.9. The molecular weight excluding hydrogens is 302 g/mol. The highest BCUT2D eigenvalue weighted by atomic mass is 32.1. The van der Waals surface area contributed by atoms with E-state index in [0.717, 1.165) is 23.6 Å². The molecule has 0 N–H and O–H groups in total. The first kappa shape index (κ1) is 15.2. The van der Waals surface area contributed by atoms with E-state index in [0.29, 0.717) is 18.0 Å². The predicted molar refractivity (Wildman–Crippen MR) is 82.0 cm³/mol. The molecule has 1 aliphatic rings. The van der Waals surface area contributed by atoms with Crippen LogP contribution in [-0.4, -0.2) is 47.3 Å². The lowest BCUT2D eigenvalue weighted by atomic mass is 10.0. The van der Waals surface area contributed by atoms with E-state index in [1.165, 1.54) is 11.3 Å². The molecule has 0 saturated carbocycles. The molecule has 3 heterocycles. The summed E-state index contributed by atoms with van der Waals surface area (Å²) in [7, 11) is 1.69. The van der Waals surface area contributed by atoms with Crippen LogP contribution in [0.5, 0.6) is 0 Å². The number of methoxy groups -OCH3 is 1. The first-order valence-corrected chi connectivity index (χ1v) is 8.10. The minimum atomic E-state index is 0.0163. The highest BCUT2D eigenvalue weighted by Gasteiger charge is 2.37. The molecule has 0 radical (unpaired) electrons. The molecule has 3 rings (SSSR count). The van der Waals surface area contributed by atoms with Gasteiger partial charge in [0.2, 0.25) is 0 Å². The Morgan fingerprint density at radius 1 is 1.50 bits per heavy atom. The van der Waals surface area contributed by atoms with Gasteiger partial charge in [-0.25, -0.2) is 4.98 Å². The number of carbonyl (C=O) groups excluding carboxylic acids is 1. The number of ether oxygens (including phenoxy) is 1. The van der Waals surface area contributed by atoms with Crippen molar-refractivity contribution in [3.05, 3.63) is 33.6 Å². The average molecular weight is 321 g/mol. The highest BCUT2D eigenvalue weighted by molar-refractivity contribution is 7.11. The second-order valence-electron chi connectivity index (χ2n) is 5.65. The zero-order valence-electron chi connectivity index (χ0n) is 12.9. The number of hydrogen-bond acceptors (Lipinski definition) is 6. The smallest absolute Gasteiger partial charge is 0.265 e. The standard InChI is InChI=1S/C15H19N3O3S/c1-9-4-12(21-17-9)5-11-6-18(7-13(11)20-3)15(19)14-10(2)16-8-22-14/h4,8,11,13H,5-7H2,1-3H3/t11-,13+/m1/s1. The molecule has 2 atom stereocenters. The zero-order chi connectivity index (χ0) is 15.7. The monoisotopic (exact) mass is 321 g/mol. The number of carbonyl (C=O) groups is 1. The number of rotatable bonds is 4. The number of aryl methyl sites for hydroxylation is 2. The van der Waals surface area contributed by atoms with Crippen LogP contribution in [0.2, 0.25) is 0 Å². The van der Waals surface area contributed by atoms with Gasteiger partial charge in [0, 0.05) is 38.6 Å². The third kappa shape index (κ3) is 2.91. The van der Waals surface area contributed by atoms with Crippen molar-refractivity contribution in [3.63, 3.8) is 0 Å². The number of aromatic nitrogens is 2. The highest BCUT2D eigenvalue weighted by Crippen LogP contribution is 2.26. The minimum Gasteiger partial charge on any atom is -0.379 e. The molecule has 1 fully saturated rings. The minimum absolute atomic E-state index is 0.0163. The van der Waals surface area contributed by atoms with Gasteiger partial charge in [0.1, 0.15) is 10.6 Å². The van der Waals surface area contributed by atoms with Crippen LogP contribution < -0.4 is 0 Å². The molecule has 0 spiro atoms. The van der Waals surface area contributed by atoms with Gasteiger partial charge in [-0.1, -0.05) is 5.16 Å². The van der Waals surface area contributed by atoms with Crippen LogP contribution in [0.3, 0.4) is 0 Å². The van der Waals surface area contributed by atoms with Crippen LogP contribution in [0.25, 0.3) is 0 Å². The van der Waals surface area contributed by atoms with Crippen molar-refractivity contribution in [2.75, 3.05) is 20.2 Å². The molecule has 7 heteroatoms. The summed E-state index contributed by atoms with van der Waals surface area (Å²) >= 11 is 1.39. The van der Waals surface area contributed by atoms with Gasteiger partial charge in [0.15, 0.2) is 0 Å². The Hall–Kier alpha value is -1.73. The van der Waals surface area contributed by atoms with Crippen molar-refractivity contribution >= 4 is 17.2 Å². The second kappa shape index (κ2) is 6.18. The van der Waals surface area contributed by atoms with Crippen molar-refractivity contribution < 1.29 is 14.1 Å². The van der Waals surface area contributed by atoms with Crippen LogP contribution in [0.15, 0.2) is 16.1 Å². The maximum Gasteiger partial charge on any atom is 0.265 e. The maximum atomic E-state index is 12.6. The molecule has 2 aromatic heterocycles. The SMILES string of the molecule is CO[C@H]1CN(C(=O)c2scnc2C)C[C@H]1Cc1cc(C)no1. The summed E-state index contributed by atoms with van der Waals surface area (Å²) in [6.07, 6.45) is 0.743. The van der Waals surface area contributed by atoms with E-state index in [1.54, 1.807) is 12.6 Å². The van der Waals surface area contributed by atoms with Crippen LogP contribution in [0, 0.1) is 19.8 Å². The molecule has 1 saturated heterocycles. The molecule has 6 nitrogen and oxygen atoms in total. The second-order valence-corrected chi connectivity index (χ2v) is 6.50. The summed E-state index contributed by atoms with van der Waals surface area (Å²) in [4.78, 5) is 19.3. The summed E-state index contributed by atoms with van der Waals surface area (Å²) in [5.74, 6) is 1.10. The van der Waals surface area contributed by atoms with Crippen LogP contribution in [0.4, 0.5) is 0 Å². The molecule has 0 aromatic carbocycles. The summed E-state index contributed by atoms with van der Waals surface area (Å²) in [6.45, 7) is 5.03. The van der Waals surface area contributed by atoms with E-state index in [2.05, 4.69) is 10.1 Å². The number of amides is 1. The maximum absolute atomic E-state index is 12.6. The van der Waals surface area contributed by atoms with Crippen molar-refractivity contribution in [2.45, 2.75) is 26.4 Å². The fraction of sp³-hybridized carbons (Fsp3) is 0.533. The van der Waals surface area contributed by atoms with E-state index in [1.807, 2.05) is 24.8 Å². The first-order chi connectivity index (χ1) is 10.6. The molecule has 0 unspecified atom stereocenters. The number of nitrogens with zero attached hydrogens (tertiary/aromatic N) is 3. The van der Waals surface area contributed by atoms with Gasteiger partial charge >= 0.3 is 0 Å². The Balaban J connectivity index is 1.71. The van der Waals surface area contributed by atoms with Gasteiger partial charge in [0.25, 0.3) is 5.91 Å². The van der Waals surface area contributed by atoms with E-state index in [4.69, 9.17) is 9.26 Å². The molecule has 0 aliphatic carbocycles. The Morgan fingerprint density at radius 3 is 2.91 bits per heavy atom. The van der Waals surface area contributed by atoms with E-state index in [-0.39, 0.29) is 17.9 Å². The lowest BCUT2D eigenvalue weighted by Gasteiger charge is -2.15. The van der Waals surface area contributed by atoms with E-state index < -0.39 is 0 Å². The Kier molecular flexibility index (Phi) is 4.26. The number of hydrogen-bond donors (Lipinski definition) is 0. The third-order valence-corrected chi connectivity index (χ3v) is 4.97. The van der Waals surface area contributed by atoms with Crippen molar-refractivity contribution in [2.24, 2.45) is 5.92 Å². The van der Waals surface area contributed by atoms with Gasteiger partial charge < -0.3 is 14.2 Å². The molecular formula is C15H19N3O3S. The molecule has 0 bridgehead atoms. The van der Waals surface area contributed by atoms with Crippen molar-refractivity contribution in [1.29, 1.82) is 0 Å². The molecule has 1 aliphatic heterocycles. The quantitative estimate of drug-likeness (QED) is 0.862. The largest absolute Gasteiger partial charge is 0.379 e. The van der Waals surface area contributed by atoms with Crippen LogP contribution in [-0.2, 0) is 11.2 Å². The summed E-state index contributed by atoms with van der Waals surface area (Å²) in [5.41, 5.74) is 3.37. The third-order valence-electron chi connectivity index (χ3n) is 4.05. The van der Waals surface area contributed by atoms with Gasteiger partial charge in [-0.15, -0.1) is 11.3 Å². The lowest BCUT2D eigenvalue weighted by Crippen LogP contribution is -2.29. The molecule has 22 heavy (non-hydrogen) atoms. The normalized spacial score (nSPS) is 21.5. The predicted octanol–water partition coefficient (Wildman–Crippen LogP) is 2.08. The van der Waals surface area contributed by atoms with Gasteiger partial charge in [-0.3, -0.25) is 4.79 Å². The molecule has 118 valence electrons. The Labute approximate surface area is 133 Å². The molecule has 1 amide bonds. The zero-order valence-corrected chi connectivity index (χ0v) is 13.7. The summed E-state index contributed by atoms with van der Waals surface area (Å²) in [5, 5.41) is 3.91. The Morgan fingerprint density at radius 2 is 2.32 bits per heavy atom. The number of thiazole rings is 1. The average Bonchev–Trinajstić information content (AvgIpc) is 3.19. The Bertz CT molecular complexity index is 667. The topological polar surface area (TPSA) is 68.5 Å². The summed E-state index contributed by atoms with van der Waals surface area (Å²) in [6, 6.07) is 1.94. The number of likely N-dealkylation sites (tertiary alicyclic amines) is 1. The molecule has 2 aromatic rings. The van der Waals surface area contributed by atoms with Crippen LogP contribution in [0.1, 0.15) is 26.8 Å². The van der Waals surface area contributed by atoms with Gasteiger partial charge in [-0.05, 0) is 13.8 Å². The van der Waals surface area contributed by atoms with Gasteiger partial charge in [-0.2, -0.15) is 0 Å². The lowest BCUT2D eigenvalue weighted by molar-refractivity contribution is 0.0674. The first-order valence-electron chi connectivity index (χ1n) is 7.23. The van der Waals surface area contributed by atoms with Crippen molar-refractivity contribution in [3.8, 4) is 0 Å². The van der Waals surface area contributed by atoms with Crippen molar-refractivity contribution in [1.82, 2.24) is 15.0 Å². The van der Waals surface area contributed by atoms with E-state index >= 15 is 0 Å². The van der Waals surface area contributed by atoms with Crippen LogP contribution >= 0.6 is 11.3 Å². The fourth-order valence-corrected chi connectivity index (χ4v) is 3.66.